The number of rotatable bonds is 6. The number of piperidine rings is 1. The van der Waals surface area contributed by atoms with Gasteiger partial charge in [-0.1, -0.05) is 6.42 Å². The second kappa shape index (κ2) is 13.0. The standard InChI is InChI=1S/C20H35N7O2.HI/c1-3-21-19(23-16-10-14-26(15-11-16)20(28)29-4-2)22-12-9-18-25-24-17-8-6-5-7-13-27(17)18;/h16H,3-15H2,1-2H3,(H2,21,22,23);1H. The van der Waals surface area contributed by atoms with Crippen molar-refractivity contribution in [3.05, 3.63) is 11.6 Å². The van der Waals surface area contributed by atoms with Crippen molar-refractivity contribution in [1.82, 2.24) is 30.3 Å². The van der Waals surface area contributed by atoms with Crippen LogP contribution < -0.4 is 10.6 Å². The third-order valence-corrected chi connectivity index (χ3v) is 5.50. The van der Waals surface area contributed by atoms with Crippen molar-refractivity contribution in [3.8, 4) is 0 Å². The molecule has 1 fully saturated rings. The summed E-state index contributed by atoms with van der Waals surface area (Å²) in [6, 6.07) is 0.308. The normalized spacial score (nSPS) is 17.5. The fraction of sp³-hybridized carbons (Fsp3) is 0.800. The Labute approximate surface area is 196 Å². The summed E-state index contributed by atoms with van der Waals surface area (Å²) in [7, 11) is 0. The van der Waals surface area contributed by atoms with Crippen molar-refractivity contribution < 1.29 is 9.53 Å². The molecule has 0 aromatic carbocycles. The lowest BCUT2D eigenvalue weighted by atomic mass is 10.1. The van der Waals surface area contributed by atoms with Crippen molar-refractivity contribution in [2.75, 3.05) is 32.8 Å². The monoisotopic (exact) mass is 533 g/mol. The number of ether oxygens (including phenoxy) is 1. The van der Waals surface area contributed by atoms with Crippen LogP contribution in [-0.2, 0) is 24.1 Å². The van der Waals surface area contributed by atoms with Crippen LogP contribution >= 0.6 is 24.0 Å². The molecule has 10 heteroatoms. The summed E-state index contributed by atoms with van der Waals surface area (Å²) in [5.41, 5.74) is 0. The van der Waals surface area contributed by atoms with E-state index in [9.17, 15) is 4.79 Å². The Bertz CT molecular complexity index is 687. The van der Waals surface area contributed by atoms with Crippen LogP contribution in [0.5, 0.6) is 0 Å². The number of likely N-dealkylation sites (tertiary alicyclic amines) is 1. The second-order valence-corrected chi connectivity index (χ2v) is 7.61. The van der Waals surface area contributed by atoms with Crippen molar-refractivity contribution in [2.24, 2.45) is 4.99 Å². The van der Waals surface area contributed by atoms with E-state index in [-0.39, 0.29) is 30.1 Å². The van der Waals surface area contributed by atoms with Crippen LogP contribution in [0.2, 0.25) is 0 Å². The molecule has 0 bridgehead atoms. The summed E-state index contributed by atoms with van der Waals surface area (Å²) in [6.07, 6.45) is 7.08. The number of amides is 1. The molecule has 1 aromatic heterocycles. The summed E-state index contributed by atoms with van der Waals surface area (Å²) < 4.78 is 7.38. The highest BCUT2D eigenvalue weighted by Gasteiger charge is 2.24. The first-order valence-electron chi connectivity index (χ1n) is 11.1. The number of guanidine groups is 1. The van der Waals surface area contributed by atoms with E-state index < -0.39 is 0 Å². The van der Waals surface area contributed by atoms with Crippen LogP contribution in [0.25, 0.3) is 0 Å². The maximum Gasteiger partial charge on any atom is 0.409 e. The van der Waals surface area contributed by atoms with E-state index in [1.54, 1.807) is 4.90 Å². The summed E-state index contributed by atoms with van der Waals surface area (Å²) in [5.74, 6) is 3.00. The lowest BCUT2D eigenvalue weighted by molar-refractivity contribution is 0.0963. The van der Waals surface area contributed by atoms with Gasteiger partial charge in [0.2, 0.25) is 0 Å². The lowest BCUT2D eigenvalue weighted by Gasteiger charge is -2.32. The molecule has 2 N–H and O–H groups in total. The van der Waals surface area contributed by atoms with E-state index in [1.807, 2.05) is 6.92 Å². The Morgan fingerprint density at radius 3 is 2.70 bits per heavy atom. The summed E-state index contributed by atoms with van der Waals surface area (Å²) in [5, 5.41) is 15.6. The van der Waals surface area contributed by atoms with E-state index in [0.29, 0.717) is 32.3 Å². The van der Waals surface area contributed by atoms with Gasteiger partial charge in [-0.05, 0) is 39.5 Å². The van der Waals surface area contributed by atoms with Crippen LogP contribution in [0, 0.1) is 0 Å². The van der Waals surface area contributed by atoms with Gasteiger partial charge in [0.15, 0.2) is 5.96 Å². The number of fused-ring (bicyclic) bond motifs is 1. The van der Waals surface area contributed by atoms with Gasteiger partial charge in [0.05, 0.1) is 6.61 Å². The van der Waals surface area contributed by atoms with Crippen LogP contribution in [-0.4, -0.2) is 70.5 Å². The molecule has 2 aliphatic heterocycles. The Morgan fingerprint density at radius 1 is 1.17 bits per heavy atom. The summed E-state index contributed by atoms with van der Waals surface area (Å²) in [6.45, 7) is 8.26. The first kappa shape index (κ1) is 24.7. The highest BCUT2D eigenvalue weighted by molar-refractivity contribution is 14.0. The molecule has 30 heavy (non-hydrogen) atoms. The maximum absolute atomic E-state index is 11.8. The number of aliphatic imine (C=N–C) groups is 1. The molecule has 3 heterocycles. The van der Waals surface area contributed by atoms with E-state index in [1.165, 1.54) is 19.3 Å². The number of hydrogen-bond acceptors (Lipinski definition) is 5. The van der Waals surface area contributed by atoms with Gasteiger partial charge in [0.25, 0.3) is 0 Å². The molecule has 170 valence electrons. The van der Waals surface area contributed by atoms with Gasteiger partial charge in [-0.25, -0.2) is 4.79 Å². The van der Waals surface area contributed by atoms with E-state index in [0.717, 1.165) is 56.4 Å². The molecule has 0 saturated carbocycles. The van der Waals surface area contributed by atoms with E-state index >= 15 is 0 Å². The lowest BCUT2D eigenvalue weighted by Crippen LogP contribution is -2.50. The largest absolute Gasteiger partial charge is 0.450 e. The molecule has 0 atom stereocenters. The van der Waals surface area contributed by atoms with Crippen molar-refractivity contribution >= 4 is 36.0 Å². The number of halogens is 1. The fourth-order valence-electron chi connectivity index (χ4n) is 3.93. The maximum atomic E-state index is 11.8. The molecule has 9 nitrogen and oxygen atoms in total. The minimum atomic E-state index is -0.209. The van der Waals surface area contributed by atoms with Crippen LogP contribution in [0.3, 0.4) is 0 Å². The zero-order valence-corrected chi connectivity index (χ0v) is 20.6. The molecular weight excluding hydrogens is 497 g/mol. The van der Waals surface area contributed by atoms with Gasteiger partial charge in [-0.15, -0.1) is 34.2 Å². The number of aryl methyl sites for hydroxylation is 1. The number of carbonyl (C=O) groups excluding carboxylic acids is 1. The number of carbonyl (C=O) groups is 1. The smallest absolute Gasteiger partial charge is 0.409 e. The third-order valence-electron chi connectivity index (χ3n) is 5.50. The number of nitrogens with one attached hydrogen (secondary N) is 2. The summed E-state index contributed by atoms with van der Waals surface area (Å²) >= 11 is 0. The topological polar surface area (TPSA) is 96.7 Å². The Kier molecular flexibility index (Phi) is 10.7. The quantitative estimate of drug-likeness (QED) is 0.331. The van der Waals surface area contributed by atoms with Gasteiger partial charge in [0.1, 0.15) is 11.6 Å². The summed E-state index contributed by atoms with van der Waals surface area (Å²) in [4.78, 5) is 18.4. The Morgan fingerprint density at radius 2 is 1.97 bits per heavy atom. The SMILES string of the molecule is CCNC(=NCCc1nnc2n1CCCCC2)NC1CCN(C(=O)OCC)CC1.I. The fourth-order valence-corrected chi connectivity index (χ4v) is 3.93. The molecule has 1 amide bonds. The Balaban J connectivity index is 0.00000320. The van der Waals surface area contributed by atoms with Gasteiger partial charge < -0.3 is 24.8 Å². The highest BCUT2D eigenvalue weighted by atomic mass is 127. The van der Waals surface area contributed by atoms with Crippen molar-refractivity contribution in [3.63, 3.8) is 0 Å². The molecule has 1 saturated heterocycles. The van der Waals surface area contributed by atoms with Crippen LogP contribution in [0.15, 0.2) is 4.99 Å². The van der Waals surface area contributed by atoms with Crippen molar-refractivity contribution in [1.29, 1.82) is 0 Å². The number of nitrogens with zero attached hydrogens (tertiary/aromatic N) is 5. The van der Waals surface area contributed by atoms with E-state index in [4.69, 9.17) is 9.73 Å². The zero-order valence-electron chi connectivity index (χ0n) is 18.2. The average Bonchev–Trinajstić information content (AvgIpc) is 2.95. The molecule has 0 unspecified atom stereocenters. The molecule has 3 rings (SSSR count). The predicted octanol–water partition coefficient (Wildman–Crippen LogP) is 2.34. The predicted molar refractivity (Wildman–Crippen MR) is 127 cm³/mol. The van der Waals surface area contributed by atoms with E-state index in [2.05, 4.69) is 32.3 Å². The van der Waals surface area contributed by atoms with Gasteiger partial charge in [0, 0.05) is 51.6 Å². The minimum absolute atomic E-state index is 0. The molecule has 0 radical (unpaired) electrons. The molecule has 1 aromatic rings. The molecular formula is C20H36IN7O2. The Hall–Kier alpha value is -1.59. The number of hydrogen-bond donors (Lipinski definition) is 2. The number of aromatic nitrogens is 3. The van der Waals surface area contributed by atoms with Crippen LogP contribution in [0.1, 0.15) is 57.6 Å². The molecule has 0 aliphatic carbocycles. The average molecular weight is 533 g/mol. The van der Waals surface area contributed by atoms with Crippen LogP contribution in [0.4, 0.5) is 4.79 Å². The first-order chi connectivity index (χ1) is 14.2. The second-order valence-electron chi connectivity index (χ2n) is 7.61. The third kappa shape index (κ3) is 6.98. The minimum Gasteiger partial charge on any atom is -0.450 e. The van der Waals surface area contributed by atoms with Crippen molar-refractivity contribution in [2.45, 2.75) is 71.4 Å². The molecule has 0 spiro atoms. The highest BCUT2D eigenvalue weighted by Crippen LogP contribution is 2.15. The van der Waals surface area contributed by atoms with Gasteiger partial charge in [-0.3, -0.25) is 4.99 Å². The zero-order chi connectivity index (χ0) is 20.5. The first-order valence-corrected chi connectivity index (χ1v) is 11.1. The van der Waals surface area contributed by atoms with Gasteiger partial charge in [-0.2, -0.15) is 0 Å². The molecule has 2 aliphatic rings. The van der Waals surface area contributed by atoms with Gasteiger partial charge >= 0.3 is 6.09 Å².